The molecule has 0 heterocycles. The molecule has 11 valence electrons. The van der Waals surface area contributed by atoms with Crippen molar-refractivity contribution in [1.82, 2.24) is 0 Å². The maximum atomic E-state index is 0. The molecule has 0 nitrogen and oxygen atoms in total. The van der Waals surface area contributed by atoms with E-state index in [1.807, 2.05) is 0 Å². The topological polar surface area (TPSA) is 0 Å². The minimum atomic E-state index is 0. The van der Waals surface area contributed by atoms with E-state index in [4.69, 9.17) is 0 Å². The second kappa shape index (κ2) is 15.8. The molecule has 0 aromatic heterocycles. The third-order valence-corrected chi connectivity index (χ3v) is 0. The normalized spacial score (nSPS) is 0. The van der Waals surface area contributed by atoms with Gasteiger partial charge in [0.25, 0.3) is 0 Å². The van der Waals surface area contributed by atoms with Gasteiger partial charge in [-0.25, -0.2) is 0 Å². The predicted octanol–water partition coefficient (Wildman–Crippen LogP) is -8.65. The first-order chi connectivity index (χ1) is 0. The summed E-state index contributed by atoms with van der Waals surface area (Å²) >= 11 is 0. The molecule has 4 heavy (non-hydrogen) atoms. The summed E-state index contributed by atoms with van der Waals surface area (Å²) in [5.74, 6) is 0. The molecule has 0 fully saturated rings. The Morgan fingerprint density at radius 3 is 1.25 bits per heavy atom. The van der Waals surface area contributed by atoms with Crippen LogP contribution in [0.2, 0.25) is 0 Å². The molecule has 0 aliphatic heterocycles. The van der Waals surface area contributed by atoms with Crippen molar-refractivity contribution in [3.8, 4) is 0 Å². The van der Waals surface area contributed by atoms with Crippen molar-refractivity contribution in [3.05, 3.63) is 0 Å². The van der Waals surface area contributed by atoms with Gasteiger partial charge >= 0.3 is 99.8 Å². The average molecular weight is 165 g/mol. The molecule has 0 aliphatic carbocycles. The Labute approximate surface area is 123 Å². The van der Waals surface area contributed by atoms with Crippen LogP contribution in [0.4, 0.5) is 0 Å². The van der Waals surface area contributed by atoms with Crippen molar-refractivity contribution >= 4 is 0 Å². The first-order valence-electron chi connectivity index (χ1n) is 0. The van der Waals surface area contributed by atoms with E-state index in [1.54, 1.807) is 0 Å². The van der Waals surface area contributed by atoms with Gasteiger partial charge < -0.3 is 4.28 Å². The summed E-state index contributed by atoms with van der Waals surface area (Å²) in [4.78, 5) is 0. The Balaban J connectivity index is 0. The first kappa shape index (κ1) is 24.6. The summed E-state index contributed by atoms with van der Waals surface area (Å²) in [6.07, 6.45) is 0. The van der Waals surface area contributed by atoms with E-state index < -0.39 is 0 Å². The molecule has 4 heteroatoms. The zero-order chi connectivity index (χ0) is 0. The predicted molar refractivity (Wildman–Crippen MR) is 3.34 cm³/mol. The van der Waals surface area contributed by atoms with Crippen molar-refractivity contribution in [2.24, 2.45) is 0 Å². The molecule has 0 aromatic carbocycles. The van der Waals surface area contributed by atoms with E-state index in [-0.39, 0.29) is 126 Å². The van der Waals surface area contributed by atoms with Gasteiger partial charge in [-0.2, -0.15) is 0 Å². The van der Waals surface area contributed by atoms with Gasteiger partial charge in [0.1, 0.15) is 0 Å². The summed E-state index contributed by atoms with van der Waals surface area (Å²) in [6.45, 7) is 0. The first-order valence-corrected chi connectivity index (χ1v) is 0. The minimum absolute atomic E-state index is 0. The zero-order valence-electron chi connectivity index (χ0n) is 6.45. The molecule has 0 saturated carbocycles. The van der Waals surface area contributed by atoms with Crippen molar-refractivity contribution < 1.29 is 126 Å². The van der Waals surface area contributed by atoms with Crippen molar-refractivity contribution in [2.75, 3.05) is 0 Å². The number of hydrogen-bond acceptors (Lipinski definition) is 0. The van der Waals surface area contributed by atoms with Gasteiger partial charge in [0, 0.05) is 22.4 Å². The Morgan fingerprint density at radius 1 is 1.25 bits per heavy atom. The molecule has 0 amide bonds. The maximum Gasteiger partial charge on any atom is 1.00 e. The molecule has 0 atom stereocenters. The van der Waals surface area contributed by atoms with Crippen molar-refractivity contribution in [2.45, 2.75) is 0 Å². The van der Waals surface area contributed by atoms with Crippen molar-refractivity contribution in [1.29, 1.82) is 0 Å². The summed E-state index contributed by atoms with van der Waals surface area (Å²) in [5.41, 5.74) is 0. The van der Waals surface area contributed by atoms with Crippen molar-refractivity contribution in [3.63, 3.8) is 0 Å². The van der Waals surface area contributed by atoms with Crippen LogP contribution in [0.5, 0.6) is 0 Å². The Kier molecular flexibility index (Phi) is 96.8. The summed E-state index contributed by atoms with van der Waals surface area (Å²) in [7, 11) is 0. The van der Waals surface area contributed by atoms with Crippen LogP contribution in [0.25, 0.3) is 0 Å². The maximum absolute atomic E-state index is 0. The van der Waals surface area contributed by atoms with E-state index in [0.717, 1.165) is 0 Å². The van der Waals surface area contributed by atoms with E-state index in [0.29, 0.717) is 0 Å². The molecule has 0 spiro atoms. The summed E-state index contributed by atoms with van der Waals surface area (Å²) < 4.78 is 0. The molecule has 0 aromatic rings. The van der Waals surface area contributed by atoms with Crippen LogP contribution in [-0.4, -0.2) is 0 Å². The molecule has 0 saturated heterocycles. The number of hydrogen-bond donors (Lipinski definition) is 0. The zero-order valence-corrected chi connectivity index (χ0v) is 10.8. The third-order valence-electron chi connectivity index (χ3n) is 0. The molecule has 0 rings (SSSR count). The quantitative estimate of drug-likeness (QED) is 0.313. The molecule has 0 bridgehead atoms. The van der Waals surface area contributed by atoms with Gasteiger partial charge in [0.05, 0.1) is 0 Å². The van der Waals surface area contributed by atoms with Gasteiger partial charge in [-0.15, -0.1) is 0 Å². The van der Waals surface area contributed by atoms with Crippen LogP contribution in [0.3, 0.4) is 0 Å². The van der Waals surface area contributed by atoms with Crippen LogP contribution >= 0.6 is 0 Å². The Hall–Kier alpha value is 3.97. The van der Waals surface area contributed by atoms with Crippen LogP contribution in [-0.2, 0) is 22.4 Å². The second-order valence-corrected chi connectivity index (χ2v) is 0. The van der Waals surface area contributed by atoms with E-state index in [2.05, 4.69) is 0 Å². The van der Waals surface area contributed by atoms with E-state index >= 15 is 0 Å². The minimum Gasteiger partial charge on any atom is -1.00 e. The van der Waals surface area contributed by atoms with Crippen LogP contribution in [0, 0.1) is 0 Å². The summed E-state index contributed by atoms with van der Waals surface area (Å²) in [5, 5.41) is 0. The Morgan fingerprint density at radius 2 is 1.25 bits per heavy atom. The van der Waals surface area contributed by atoms with Gasteiger partial charge in [0.15, 0.2) is 0 Å². The summed E-state index contributed by atoms with van der Waals surface area (Å²) in [6, 6.07) is 0. The third kappa shape index (κ3) is 9.36. The fourth-order valence-electron chi connectivity index (χ4n) is 0. The largest absolute Gasteiger partial charge is 1.00 e. The Bertz CT molecular complexity index is 14.9. The van der Waals surface area contributed by atoms with Crippen LogP contribution in [0.1, 0.15) is 4.28 Å². The number of rotatable bonds is 0. The van der Waals surface area contributed by atoms with Gasteiger partial charge in [0.2, 0.25) is 0 Å². The molecule has 0 aliphatic rings. The second-order valence-electron chi connectivity index (χ2n) is 0. The monoisotopic (exact) mass is 165 g/mol. The fraction of sp³-hybridized carbons (Fsp3) is 0. The van der Waals surface area contributed by atoms with Gasteiger partial charge in [-0.05, 0) is 0 Å². The molecule has 0 unspecified atom stereocenters. The van der Waals surface area contributed by atoms with E-state index in [9.17, 15) is 0 Å². The molecular formula is H3KLiNaNb. The van der Waals surface area contributed by atoms with Crippen LogP contribution < -0.4 is 99.8 Å². The smallest absolute Gasteiger partial charge is 1.00 e. The van der Waals surface area contributed by atoms with Gasteiger partial charge in [-0.3, -0.25) is 0 Å². The standard InChI is InChI=1S/K.Li.Na.Nb.3H/q3*+1;;3*-1. The van der Waals surface area contributed by atoms with Crippen LogP contribution in [0.15, 0.2) is 0 Å². The SMILES string of the molecule is [H-].[H-].[H-].[K+].[Li+].[Na+].[Nb]. The fourth-order valence-corrected chi connectivity index (χ4v) is 0. The molecule has 0 N–H and O–H groups in total. The van der Waals surface area contributed by atoms with E-state index in [1.165, 1.54) is 0 Å². The van der Waals surface area contributed by atoms with Gasteiger partial charge in [-0.1, -0.05) is 0 Å². The average Bonchev–Trinajstić information content (AvgIpc) is 0. The molecule has 1 radical (unpaired) electrons. The molecular weight excluding hydrogens is 162 g/mol.